The Morgan fingerprint density at radius 3 is 2.48 bits per heavy atom. The molecule has 0 aliphatic carbocycles. The molecule has 1 aromatic heterocycles. The van der Waals surface area contributed by atoms with Crippen molar-refractivity contribution in [3.63, 3.8) is 0 Å². The van der Waals surface area contributed by atoms with Crippen LogP contribution < -0.4 is 10.6 Å². The van der Waals surface area contributed by atoms with Gasteiger partial charge in [0.1, 0.15) is 11.6 Å². The maximum Gasteiger partial charge on any atom is 0.248 e. The molecule has 1 unspecified atom stereocenters. The summed E-state index contributed by atoms with van der Waals surface area (Å²) in [5.41, 5.74) is -0.703. The Bertz CT molecular complexity index is 566. The second-order valence-corrected chi connectivity index (χ2v) is 6.81. The quantitative estimate of drug-likeness (QED) is 0.826. The van der Waals surface area contributed by atoms with Gasteiger partial charge in [-0.3, -0.25) is 14.3 Å². The van der Waals surface area contributed by atoms with Crippen LogP contribution in [0.2, 0.25) is 0 Å². The number of nitrogens with zero attached hydrogens (tertiary/aromatic N) is 3. The zero-order chi connectivity index (χ0) is 17.0. The first-order valence-corrected chi connectivity index (χ1v) is 8.94. The molecule has 3 rings (SSSR count). The Morgan fingerprint density at radius 2 is 1.88 bits per heavy atom. The second-order valence-electron chi connectivity index (χ2n) is 6.81. The molecule has 2 aliphatic heterocycles. The van der Waals surface area contributed by atoms with Crippen LogP contribution in [0.3, 0.4) is 0 Å². The first-order chi connectivity index (χ1) is 11.6. The number of halogens is 1. The lowest BCUT2D eigenvalue weighted by Crippen LogP contribution is -2.58. The predicted octanol–water partition coefficient (Wildman–Crippen LogP) is 0.901. The maximum atomic E-state index is 13.0. The van der Waals surface area contributed by atoms with Gasteiger partial charge in [-0.15, -0.1) is 12.4 Å². The molecule has 8 heteroatoms. The van der Waals surface area contributed by atoms with Gasteiger partial charge in [-0.2, -0.15) is 5.10 Å². The summed E-state index contributed by atoms with van der Waals surface area (Å²) in [6.45, 7) is 4.91. The maximum absolute atomic E-state index is 13.0. The van der Waals surface area contributed by atoms with Crippen LogP contribution in [0.1, 0.15) is 39.0 Å². The summed E-state index contributed by atoms with van der Waals surface area (Å²) in [5, 5.41) is 10.6. The molecule has 0 saturated carbocycles. The van der Waals surface area contributed by atoms with E-state index in [0.717, 1.165) is 39.0 Å². The van der Waals surface area contributed by atoms with Gasteiger partial charge in [0.15, 0.2) is 0 Å². The molecule has 0 radical (unpaired) electrons. The molecule has 0 spiro atoms. The molecule has 0 bridgehead atoms. The van der Waals surface area contributed by atoms with Gasteiger partial charge in [0.25, 0.3) is 0 Å². The first kappa shape index (κ1) is 19.7. The van der Waals surface area contributed by atoms with Gasteiger partial charge in [-0.1, -0.05) is 0 Å². The number of likely N-dealkylation sites (tertiary alicyclic amines) is 1. The van der Waals surface area contributed by atoms with E-state index in [9.17, 15) is 9.59 Å². The minimum atomic E-state index is -0.703. The smallest absolute Gasteiger partial charge is 0.248 e. The second kappa shape index (κ2) is 8.67. The highest BCUT2D eigenvalue weighted by Crippen LogP contribution is 2.27. The molecule has 2 saturated heterocycles. The van der Waals surface area contributed by atoms with Gasteiger partial charge in [0.05, 0.1) is 0 Å². The fraction of sp³-hybridized carbons (Fsp3) is 0.706. The Labute approximate surface area is 154 Å². The highest BCUT2D eigenvalue weighted by molar-refractivity contribution is 5.91. The third-order valence-electron chi connectivity index (χ3n) is 5.18. The van der Waals surface area contributed by atoms with Crippen molar-refractivity contribution in [1.29, 1.82) is 0 Å². The van der Waals surface area contributed by atoms with E-state index >= 15 is 0 Å². The minimum absolute atomic E-state index is 0. The highest BCUT2D eigenvalue weighted by atomic mass is 35.5. The average molecular weight is 370 g/mol. The van der Waals surface area contributed by atoms with Gasteiger partial charge in [0.2, 0.25) is 11.8 Å². The van der Waals surface area contributed by atoms with Crippen LogP contribution in [0.25, 0.3) is 0 Å². The molecule has 140 valence electrons. The normalized spacial score (nSPS) is 21.1. The zero-order valence-corrected chi connectivity index (χ0v) is 15.6. The lowest BCUT2D eigenvalue weighted by Gasteiger charge is -2.37. The molecule has 7 nitrogen and oxygen atoms in total. The fourth-order valence-electron chi connectivity index (χ4n) is 3.70. The van der Waals surface area contributed by atoms with E-state index in [1.165, 1.54) is 6.42 Å². The molecule has 2 aliphatic rings. The number of nitrogens with one attached hydrogen (secondary N) is 2. The van der Waals surface area contributed by atoms with E-state index in [2.05, 4.69) is 15.7 Å². The largest absolute Gasteiger partial charge is 0.342 e. The van der Waals surface area contributed by atoms with Crippen LogP contribution in [-0.4, -0.2) is 58.7 Å². The standard InChI is InChI=1S/C17H27N5O2.ClH/c1-14(15(23)21-11-3-2-4-12-21)20-16(24)17(6-9-18-10-7-17)22-13-5-8-19-22;/h5,8,13-14,18H,2-4,6-7,9-12H2,1H3,(H,20,24);1H. The summed E-state index contributed by atoms with van der Waals surface area (Å²) < 4.78 is 1.75. The summed E-state index contributed by atoms with van der Waals surface area (Å²) in [6.07, 6.45) is 8.15. The lowest BCUT2D eigenvalue weighted by atomic mass is 9.87. The van der Waals surface area contributed by atoms with Crippen molar-refractivity contribution in [2.45, 2.75) is 50.6 Å². The van der Waals surface area contributed by atoms with Crippen molar-refractivity contribution >= 4 is 24.2 Å². The van der Waals surface area contributed by atoms with Crippen molar-refractivity contribution in [1.82, 2.24) is 25.3 Å². The topological polar surface area (TPSA) is 79.3 Å². The van der Waals surface area contributed by atoms with Gasteiger partial charge < -0.3 is 15.5 Å². The van der Waals surface area contributed by atoms with Crippen LogP contribution in [0.15, 0.2) is 18.5 Å². The van der Waals surface area contributed by atoms with Crippen LogP contribution in [-0.2, 0) is 15.1 Å². The summed E-state index contributed by atoms with van der Waals surface area (Å²) in [4.78, 5) is 27.5. The first-order valence-electron chi connectivity index (χ1n) is 8.94. The van der Waals surface area contributed by atoms with Crippen LogP contribution in [0.5, 0.6) is 0 Å². The molecule has 2 amide bonds. The summed E-state index contributed by atoms with van der Waals surface area (Å²) in [7, 11) is 0. The van der Waals surface area contributed by atoms with Crippen molar-refractivity contribution in [3.8, 4) is 0 Å². The molecular weight excluding hydrogens is 342 g/mol. The molecule has 25 heavy (non-hydrogen) atoms. The minimum Gasteiger partial charge on any atom is -0.342 e. The number of rotatable bonds is 4. The SMILES string of the molecule is CC(NC(=O)C1(n2cccn2)CCNCC1)C(=O)N1CCCCC1.Cl. The summed E-state index contributed by atoms with van der Waals surface area (Å²) in [5.74, 6) is -0.0850. The number of piperidine rings is 2. The zero-order valence-electron chi connectivity index (χ0n) is 14.7. The fourth-order valence-corrected chi connectivity index (χ4v) is 3.70. The van der Waals surface area contributed by atoms with Crippen molar-refractivity contribution in [3.05, 3.63) is 18.5 Å². The summed E-state index contributed by atoms with van der Waals surface area (Å²) in [6, 6.07) is 1.33. The molecule has 0 aromatic carbocycles. The molecule has 1 aromatic rings. The number of hydrogen-bond acceptors (Lipinski definition) is 4. The van der Waals surface area contributed by atoms with E-state index in [-0.39, 0.29) is 24.2 Å². The third-order valence-corrected chi connectivity index (χ3v) is 5.18. The van der Waals surface area contributed by atoms with Gasteiger partial charge >= 0.3 is 0 Å². The van der Waals surface area contributed by atoms with Crippen LogP contribution in [0, 0.1) is 0 Å². The van der Waals surface area contributed by atoms with E-state index in [4.69, 9.17) is 0 Å². The third kappa shape index (κ3) is 4.15. The van der Waals surface area contributed by atoms with Crippen molar-refractivity contribution in [2.24, 2.45) is 0 Å². The Hall–Kier alpha value is -1.60. The van der Waals surface area contributed by atoms with E-state index in [0.29, 0.717) is 12.8 Å². The average Bonchev–Trinajstić information content (AvgIpc) is 3.17. The molecular formula is C17H28ClN5O2. The summed E-state index contributed by atoms with van der Waals surface area (Å²) >= 11 is 0. The van der Waals surface area contributed by atoms with Crippen molar-refractivity contribution in [2.75, 3.05) is 26.2 Å². The van der Waals surface area contributed by atoms with E-state index in [1.54, 1.807) is 17.8 Å². The number of carbonyl (C=O) groups excluding carboxylic acids is 2. The lowest BCUT2D eigenvalue weighted by molar-refractivity contribution is -0.140. The Morgan fingerprint density at radius 1 is 1.20 bits per heavy atom. The van der Waals surface area contributed by atoms with Crippen LogP contribution >= 0.6 is 12.4 Å². The number of hydrogen-bond donors (Lipinski definition) is 2. The van der Waals surface area contributed by atoms with Crippen molar-refractivity contribution < 1.29 is 9.59 Å². The monoisotopic (exact) mass is 369 g/mol. The molecule has 3 heterocycles. The Balaban J connectivity index is 0.00000225. The molecule has 2 N–H and O–H groups in total. The highest BCUT2D eigenvalue weighted by Gasteiger charge is 2.43. The van der Waals surface area contributed by atoms with E-state index < -0.39 is 11.6 Å². The van der Waals surface area contributed by atoms with Gasteiger partial charge in [0, 0.05) is 25.5 Å². The number of amides is 2. The Kier molecular flexibility index (Phi) is 6.84. The number of aromatic nitrogens is 2. The molecule has 2 fully saturated rings. The van der Waals surface area contributed by atoms with Gasteiger partial charge in [-0.05, 0) is 58.2 Å². The molecule has 1 atom stereocenters. The van der Waals surface area contributed by atoms with Crippen LogP contribution in [0.4, 0.5) is 0 Å². The van der Waals surface area contributed by atoms with E-state index in [1.807, 2.05) is 17.2 Å². The van der Waals surface area contributed by atoms with Gasteiger partial charge in [-0.25, -0.2) is 0 Å². The number of carbonyl (C=O) groups is 2. The predicted molar refractivity (Wildman–Crippen MR) is 97.6 cm³/mol.